The SMILES string of the molecule is C[C@@H](OC(=O)CNC(=O)c1ccc(Cl)cc1)C(=O)Nc1cccc(Cl)c1. The smallest absolute Gasteiger partial charge is 0.326 e. The van der Waals surface area contributed by atoms with Crippen LogP contribution in [-0.4, -0.2) is 30.4 Å². The largest absolute Gasteiger partial charge is 0.451 e. The number of halogens is 2. The second kappa shape index (κ2) is 9.22. The summed E-state index contributed by atoms with van der Waals surface area (Å²) in [6.45, 7) is 1.06. The highest BCUT2D eigenvalue weighted by atomic mass is 35.5. The molecule has 0 radical (unpaired) electrons. The maximum Gasteiger partial charge on any atom is 0.326 e. The molecule has 0 spiro atoms. The highest BCUT2D eigenvalue weighted by Gasteiger charge is 2.18. The van der Waals surface area contributed by atoms with Gasteiger partial charge in [0.05, 0.1) is 0 Å². The maximum atomic E-state index is 12.0. The van der Waals surface area contributed by atoms with Crippen molar-refractivity contribution < 1.29 is 19.1 Å². The van der Waals surface area contributed by atoms with Gasteiger partial charge >= 0.3 is 5.97 Å². The summed E-state index contributed by atoms with van der Waals surface area (Å²) in [5.74, 6) is -1.69. The molecule has 0 heterocycles. The fourth-order valence-electron chi connectivity index (χ4n) is 1.96. The first-order valence-electron chi connectivity index (χ1n) is 7.65. The van der Waals surface area contributed by atoms with E-state index in [1.807, 2.05) is 0 Å². The van der Waals surface area contributed by atoms with Gasteiger partial charge in [-0.05, 0) is 49.4 Å². The first-order valence-corrected chi connectivity index (χ1v) is 8.40. The molecule has 8 heteroatoms. The van der Waals surface area contributed by atoms with Crippen molar-refractivity contribution in [3.05, 3.63) is 64.1 Å². The summed E-state index contributed by atoms with van der Waals surface area (Å²) in [6.07, 6.45) is -1.03. The van der Waals surface area contributed by atoms with E-state index >= 15 is 0 Å². The number of carbonyl (C=O) groups excluding carboxylic acids is 3. The number of carbonyl (C=O) groups is 3. The number of anilines is 1. The third kappa shape index (κ3) is 6.06. The molecule has 2 aromatic rings. The first kappa shape index (κ1) is 19.8. The van der Waals surface area contributed by atoms with Gasteiger partial charge in [-0.25, -0.2) is 0 Å². The van der Waals surface area contributed by atoms with Crippen LogP contribution in [0.25, 0.3) is 0 Å². The maximum absolute atomic E-state index is 12.0. The van der Waals surface area contributed by atoms with Gasteiger partial charge in [-0.15, -0.1) is 0 Å². The number of hydrogen-bond acceptors (Lipinski definition) is 4. The van der Waals surface area contributed by atoms with Crippen molar-refractivity contribution in [2.24, 2.45) is 0 Å². The Labute approximate surface area is 160 Å². The summed E-state index contributed by atoms with van der Waals surface area (Å²) in [5.41, 5.74) is 0.843. The van der Waals surface area contributed by atoms with Gasteiger partial charge in [0.1, 0.15) is 6.54 Å². The summed E-state index contributed by atoms with van der Waals surface area (Å²) in [6, 6.07) is 12.8. The van der Waals surface area contributed by atoms with E-state index in [-0.39, 0.29) is 6.54 Å². The third-order valence-electron chi connectivity index (χ3n) is 3.27. The molecule has 0 saturated heterocycles. The second-order valence-corrected chi connectivity index (χ2v) is 6.19. The van der Waals surface area contributed by atoms with Gasteiger partial charge in [0.2, 0.25) is 0 Å². The minimum Gasteiger partial charge on any atom is -0.451 e. The van der Waals surface area contributed by atoms with Crippen molar-refractivity contribution in [3.8, 4) is 0 Å². The monoisotopic (exact) mass is 394 g/mol. The Morgan fingerprint density at radius 2 is 1.73 bits per heavy atom. The zero-order valence-electron chi connectivity index (χ0n) is 13.8. The molecule has 2 aromatic carbocycles. The van der Waals surface area contributed by atoms with Gasteiger partial charge in [-0.3, -0.25) is 14.4 Å². The van der Waals surface area contributed by atoms with Crippen LogP contribution in [-0.2, 0) is 14.3 Å². The molecule has 26 heavy (non-hydrogen) atoms. The molecule has 2 amide bonds. The van der Waals surface area contributed by atoms with Gasteiger partial charge in [0.25, 0.3) is 11.8 Å². The van der Waals surface area contributed by atoms with Crippen LogP contribution in [0.5, 0.6) is 0 Å². The van der Waals surface area contributed by atoms with E-state index in [0.717, 1.165) is 0 Å². The van der Waals surface area contributed by atoms with Crippen molar-refractivity contribution in [2.45, 2.75) is 13.0 Å². The van der Waals surface area contributed by atoms with Crippen LogP contribution in [0.4, 0.5) is 5.69 Å². The Balaban J connectivity index is 1.80. The molecule has 6 nitrogen and oxygen atoms in total. The van der Waals surface area contributed by atoms with Gasteiger partial charge in [-0.1, -0.05) is 29.3 Å². The number of nitrogens with one attached hydrogen (secondary N) is 2. The highest BCUT2D eigenvalue weighted by Crippen LogP contribution is 2.15. The zero-order valence-corrected chi connectivity index (χ0v) is 15.3. The van der Waals surface area contributed by atoms with Gasteiger partial charge < -0.3 is 15.4 Å². The van der Waals surface area contributed by atoms with E-state index in [2.05, 4.69) is 10.6 Å². The van der Waals surface area contributed by atoms with E-state index in [1.54, 1.807) is 36.4 Å². The lowest BCUT2D eigenvalue weighted by Crippen LogP contribution is -2.35. The van der Waals surface area contributed by atoms with E-state index in [1.165, 1.54) is 19.1 Å². The van der Waals surface area contributed by atoms with Crippen LogP contribution >= 0.6 is 23.2 Å². The Bertz CT molecular complexity index is 809. The summed E-state index contributed by atoms with van der Waals surface area (Å²) < 4.78 is 5.00. The standard InChI is InChI=1S/C18H16Cl2N2O4/c1-11(17(24)22-15-4-2-3-14(20)9-15)26-16(23)10-21-18(25)12-5-7-13(19)8-6-12/h2-9,11H,10H2,1H3,(H,21,25)(H,22,24)/t11-/m1/s1. The van der Waals surface area contributed by atoms with Crippen LogP contribution in [0.15, 0.2) is 48.5 Å². The topological polar surface area (TPSA) is 84.5 Å². The average molecular weight is 395 g/mol. The number of esters is 1. The van der Waals surface area contributed by atoms with Crippen molar-refractivity contribution in [1.82, 2.24) is 5.32 Å². The predicted molar refractivity (Wildman–Crippen MR) is 99.4 cm³/mol. The summed E-state index contributed by atoms with van der Waals surface area (Å²) in [7, 11) is 0. The van der Waals surface area contributed by atoms with E-state index < -0.39 is 23.9 Å². The average Bonchev–Trinajstić information content (AvgIpc) is 2.60. The fraction of sp³-hybridized carbons (Fsp3) is 0.167. The summed E-state index contributed by atoms with van der Waals surface area (Å²) in [5, 5.41) is 5.97. The molecule has 0 aliphatic heterocycles. The van der Waals surface area contributed by atoms with E-state index in [0.29, 0.717) is 21.3 Å². The van der Waals surface area contributed by atoms with E-state index in [4.69, 9.17) is 27.9 Å². The normalized spacial score (nSPS) is 11.3. The quantitative estimate of drug-likeness (QED) is 0.736. The fourth-order valence-corrected chi connectivity index (χ4v) is 2.27. The van der Waals surface area contributed by atoms with Crippen LogP contribution in [0.2, 0.25) is 10.0 Å². The molecular formula is C18H16Cl2N2O4. The van der Waals surface area contributed by atoms with Crippen LogP contribution in [0.1, 0.15) is 17.3 Å². The molecule has 0 aliphatic carbocycles. The number of amides is 2. The van der Waals surface area contributed by atoms with Gasteiger partial charge in [-0.2, -0.15) is 0 Å². The van der Waals surface area contributed by atoms with Crippen molar-refractivity contribution in [1.29, 1.82) is 0 Å². The van der Waals surface area contributed by atoms with Crippen LogP contribution in [0, 0.1) is 0 Å². The van der Waals surface area contributed by atoms with Crippen molar-refractivity contribution >= 4 is 46.7 Å². The molecule has 0 aromatic heterocycles. The van der Waals surface area contributed by atoms with Crippen molar-refractivity contribution in [3.63, 3.8) is 0 Å². The molecule has 0 unspecified atom stereocenters. The summed E-state index contributed by atoms with van der Waals surface area (Å²) in [4.78, 5) is 35.7. The van der Waals surface area contributed by atoms with Gasteiger partial charge in [0, 0.05) is 21.3 Å². The Morgan fingerprint density at radius 1 is 1.04 bits per heavy atom. The van der Waals surface area contributed by atoms with Crippen LogP contribution < -0.4 is 10.6 Å². The Kier molecular flexibility index (Phi) is 7.00. The third-order valence-corrected chi connectivity index (χ3v) is 3.76. The Morgan fingerprint density at radius 3 is 2.38 bits per heavy atom. The zero-order chi connectivity index (χ0) is 19.1. The Hall–Kier alpha value is -2.57. The molecule has 0 bridgehead atoms. The van der Waals surface area contributed by atoms with E-state index in [9.17, 15) is 14.4 Å². The minimum atomic E-state index is -1.03. The lowest BCUT2D eigenvalue weighted by molar-refractivity contribution is -0.152. The molecule has 2 N–H and O–H groups in total. The molecule has 1 atom stereocenters. The van der Waals surface area contributed by atoms with Gasteiger partial charge in [0.15, 0.2) is 6.10 Å². The lowest BCUT2D eigenvalue weighted by atomic mass is 10.2. The molecule has 136 valence electrons. The minimum absolute atomic E-state index is 0.356. The highest BCUT2D eigenvalue weighted by molar-refractivity contribution is 6.31. The molecule has 2 rings (SSSR count). The lowest BCUT2D eigenvalue weighted by Gasteiger charge is -2.14. The first-order chi connectivity index (χ1) is 12.3. The number of ether oxygens (including phenoxy) is 1. The molecule has 0 fully saturated rings. The number of benzene rings is 2. The van der Waals surface area contributed by atoms with Crippen molar-refractivity contribution in [2.75, 3.05) is 11.9 Å². The molecule has 0 aliphatic rings. The summed E-state index contributed by atoms with van der Waals surface area (Å²) >= 11 is 11.6. The number of hydrogen-bond donors (Lipinski definition) is 2. The molecular weight excluding hydrogens is 379 g/mol. The van der Waals surface area contributed by atoms with Crippen LogP contribution in [0.3, 0.4) is 0 Å². The predicted octanol–water partition coefficient (Wildman–Crippen LogP) is 3.29. The second-order valence-electron chi connectivity index (χ2n) is 5.32. The number of rotatable bonds is 6. The molecule has 0 saturated carbocycles.